The van der Waals surface area contributed by atoms with Crippen LogP contribution < -0.4 is 5.32 Å². The monoisotopic (exact) mass is 341 g/mol. The van der Waals surface area contributed by atoms with E-state index in [1.807, 2.05) is 30.3 Å². The SMILES string of the molecule is O=C(CSc1nnc(Cc2ccccc2)o1)Nc1ccccc1O. The van der Waals surface area contributed by atoms with Crippen molar-refractivity contribution in [2.75, 3.05) is 11.1 Å². The Bertz CT molecular complexity index is 821. The Labute approximate surface area is 142 Å². The Morgan fingerprint density at radius 3 is 2.62 bits per heavy atom. The number of aromatic hydroxyl groups is 1. The van der Waals surface area contributed by atoms with E-state index in [4.69, 9.17) is 4.42 Å². The van der Waals surface area contributed by atoms with E-state index in [2.05, 4.69) is 15.5 Å². The van der Waals surface area contributed by atoms with Gasteiger partial charge in [0, 0.05) is 0 Å². The fourth-order valence-electron chi connectivity index (χ4n) is 2.03. The molecule has 2 N–H and O–H groups in total. The molecule has 3 aromatic rings. The summed E-state index contributed by atoms with van der Waals surface area (Å²) in [5.41, 5.74) is 1.45. The third kappa shape index (κ3) is 4.36. The summed E-state index contributed by atoms with van der Waals surface area (Å²) in [4.78, 5) is 11.9. The zero-order valence-electron chi connectivity index (χ0n) is 12.7. The van der Waals surface area contributed by atoms with Crippen LogP contribution in [0.2, 0.25) is 0 Å². The molecule has 6 nitrogen and oxygen atoms in total. The molecule has 0 bridgehead atoms. The Morgan fingerprint density at radius 1 is 1.08 bits per heavy atom. The molecule has 0 aliphatic heterocycles. The summed E-state index contributed by atoms with van der Waals surface area (Å²) in [6, 6.07) is 16.4. The number of anilines is 1. The van der Waals surface area contributed by atoms with Gasteiger partial charge in [0.15, 0.2) is 0 Å². The lowest BCUT2D eigenvalue weighted by molar-refractivity contribution is -0.113. The number of amides is 1. The summed E-state index contributed by atoms with van der Waals surface area (Å²) in [6.45, 7) is 0. The van der Waals surface area contributed by atoms with Gasteiger partial charge in [-0.3, -0.25) is 4.79 Å². The number of phenols is 1. The molecule has 2 aromatic carbocycles. The molecule has 0 fully saturated rings. The lowest BCUT2D eigenvalue weighted by atomic mass is 10.2. The van der Waals surface area contributed by atoms with Crippen molar-refractivity contribution in [2.24, 2.45) is 0 Å². The highest BCUT2D eigenvalue weighted by atomic mass is 32.2. The molecule has 7 heteroatoms. The molecule has 1 heterocycles. The second-order valence-corrected chi connectivity index (χ2v) is 5.90. The van der Waals surface area contributed by atoms with Crippen LogP contribution >= 0.6 is 11.8 Å². The predicted molar refractivity (Wildman–Crippen MR) is 91.0 cm³/mol. The quantitative estimate of drug-likeness (QED) is 0.529. The molecule has 0 saturated carbocycles. The lowest BCUT2D eigenvalue weighted by Gasteiger charge is -2.05. The minimum atomic E-state index is -0.260. The third-order valence-electron chi connectivity index (χ3n) is 3.15. The summed E-state index contributed by atoms with van der Waals surface area (Å²) in [5.74, 6) is 0.384. The second kappa shape index (κ2) is 7.65. The average Bonchev–Trinajstić information content (AvgIpc) is 3.03. The van der Waals surface area contributed by atoms with Gasteiger partial charge in [0.05, 0.1) is 17.9 Å². The van der Waals surface area contributed by atoms with Crippen LogP contribution in [0.5, 0.6) is 5.75 Å². The van der Waals surface area contributed by atoms with Crippen LogP contribution in [0.1, 0.15) is 11.5 Å². The topological polar surface area (TPSA) is 88.2 Å². The summed E-state index contributed by atoms with van der Waals surface area (Å²) in [5, 5.41) is 20.5. The van der Waals surface area contributed by atoms with E-state index in [0.717, 1.165) is 17.3 Å². The molecule has 0 aliphatic carbocycles. The fourth-order valence-corrected chi connectivity index (χ4v) is 2.61. The Balaban J connectivity index is 1.52. The minimum Gasteiger partial charge on any atom is -0.506 e. The zero-order chi connectivity index (χ0) is 16.8. The Kier molecular flexibility index (Phi) is 5.12. The number of nitrogens with one attached hydrogen (secondary N) is 1. The number of aromatic nitrogens is 2. The summed E-state index contributed by atoms with van der Waals surface area (Å²) in [6.07, 6.45) is 0.554. The molecule has 0 unspecified atom stereocenters. The van der Waals surface area contributed by atoms with Crippen LogP contribution in [0.15, 0.2) is 64.2 Å². The Morgan fingerprint density at radius 2 is 1.83 bits per heavy atom. The highest BCUT2D eigenvalue weighted by Gasteiger charge is 2.11. The molecule has 3 rings (SSSR count). The van der Waals surface area contributed by atoms with E-state index < -0.39 is 0 Å². The first kappa shape index (κ1) is 16.1. The molecule has 1 aromatic heterocycles. The van der Waals surface area contributed by atoms with E-state index in [1.54, 1.807) is 18.2 Å². The smallest absolute Gasteiger partial charge is 0.277 e. The van der Waals surface area contributed by atoms with Gasteiger partial charge in [0.25, 0.3) is 5.22 Å². The maximum atomic E-state index is 11.9. The number of phenolic OH excluding ortho intramolecular Hbond substituents is 1. The Hall–Kier alpha value is -2.80. The van der Waals surface area contributed by atoms with Gasteiger partial charge in [-0.15, -0.1) is 10.2 Å². The van der Waals surface area contributed by atoms with Crippen molar-refractivity contribution in [2.45, 2.75) is 11.6 Å². The zero-order valence-corrected chi connectivity index (χ0v) is 13.5. The van der Waals surface area contributed by atoms with Crippen LogP contribution in [0.3, 0.4) is 0 Å². The molecule has 24 heavy (non-hydrogen) atoms. The van der Waals surface area contributed by atoms with E-state index in [1.165, 1.54) is 6.07 Å². The van der Waals surface area contributed by atoms with Crippen molar-refractivity contribution in [3.05, 3.63) is 66.1 Å². The highest BCUT2D eigenvalue weighted by molar-refractivity contribution is 7.99. The van der Waals surface area contributed by atoms with Gasteiger partial charge in [-0.05, 0) is 17.7 Å². The van der Waals surface area contributed by atoms with Crippen molar-refractivity contribution in [1.82, 2.24) is 10.2 Å². The molecule has 0 atom stereocenters. The van der Waals surface area contributed by atoms with E-state index in [-0.39, 0.29) is 17.4 Å². The number of carbonyl (C=O) groups is 1. The van der Waals surface area contributed by atoms with Crippen molar-refractivity contribution >= 4 is 23.4 Å². The van der Waals surface area contributed by atoms with Gasteiger partial charge in [-0.2, -0.15) is 0 Å². The van der Waals surface area contributed by atoms with Gasteiger partial charge < -0.3 is 14.8 Å². The third-order valence-corrected chi connectivity index (χ3v) is 3.97. The van der Waals surface area contributed by atoms with E-state index in [9.17, 15) is 9.90 Å². The van der Waals surface area contributed by atoms with Crippen molar-refractivity contribution in [3.63, 3.8) is 0 Å². The number of benzene rings is 2. The first-order valence-electron chi connectivity index (χ1n) is 7.27. The lowest BCUT2D eigenvalue weighted by Crippen LogP contribution is -2.14. The van der Waals surface area contributed by atoms with E-state index >= 15 is 0 Å². The predicted octanol–water partition coefficient (Wildman–Crippen LogP) is 3.10. The highest BCUT2D eigenvalue weighted by Crippen LogP contribution is 2.23. The number of thioether (sulfide) groups is 1. The van der Waals surface area contributed by atoms with Crippen LogP contribution in [0.4, 0.5) is 5.69 Å². The van der Waals surface area contributed by atoms with Crippen LogP contribution in [0.25, 0.3) is 0 Å². The molecular weight excluding hydrogens is 326 g/mol. The second-order valence-electron chi connectivity index (χ2n) is 4.98. The molecule has 0 radical (unpaired) electrons. The van der Waals surface area contributed by atoms with Crippen molar-refractivity contribution < 1.29 is 14.3 Å². The van der Waals surface area contributed by atoms with Crippen LogP contribution in [-0.2, 0) is 11.2 Å². The molecule has 0 saturated heterocycles. The van der Waals surface area contributed by atoms with Gasteiger partial charge in [-0.1, -0.05) is 54.2 Å². The van der Waals surface area contributed by atoms with Gasteiger partial charge in [0.2, 0.25) is 11.8 Å². The molecule has 0 aliphatic rings. The number of para-hydroxylation sites is 2. The minimum absolute atomic E-state index is 0.0267. The molecule has 0 spiro atoms. The van der Waals surface area contributed by atoms with Gasteiger partial charge >= 0.3 is 0 Å². The standard InChI is InChI=1S/C17H15N3O3S/c21-14-9-5-4-8-13(14)18-15(22)11-24-17-20-19-16(23-17)10-12-6-2-1-3-7-12/h1-9,21H,10-11H2,(H,18,22). The number of hydrogen-bond donors (Lipinski definition) is 2. The normalized spacial score (nSPS) is 10.5. The largest absolute Gasteiger partial charge is 0.506 e. The van der Waals surface area contributed by atoms with Crippen LogP contribution in [-0.4, -0.2) is 27.0 Å². The number of carbonyl (C=O) groups excluding carboxylic acids is 1. The molecule has 122 valence electrons. The summed E-state index contributed by atoms with van der Waals surface area (Å²) in [7, 11) is 0. The van der Waals surface area contributed by atoms with Crippen molar-refractivity contribution in [3.8, 4) is 5.75 Å². The molecular formula is C17H15N3O3S. The number of nitrogens with zero attached hydrogens (tertiary/aromatic N) is 2. The first-order chi connectivity index (χ1) is 11.7. The first-order valence-corrected chi connectivity index (χ1v) is 8.26. The van der Waals surface area contributed by atoms with E-state index in [0.29, 0.717) is 23.2 Å². The van der Waals surface area contributed by atoms with Gasteiger partial charge in [-0.25, -0.2) is 0 Å². The average molecular weight is 341 g/mol. The maximum absolute atomic E-state index is 11.9. The maximum Gasteiger partial charge on any atom is 0.277 e. The summed E-state index contributed by atoms with van der Waals surface area (Å²) < 4.78 is 5.52. The number of rotatable bonds is 6. The fraction of sp³-hybridized carbons (Fsp3) is 0.118. The van der Waals surface area contributed by atoms with Crippen LogP contribution in [0, 0.1) is 0 Å². The molecule has 1 amide bonds. The van der Waals surface area contributed by atoms with Gasteiger partial charge in [0.1, 0.15) is 5.75 Å². The van der Waals surface area contributed by atoms with Crippen molar-refractivity contribution in [1.29, 1.82) is 0 Å². The number of hydrogen-bond acceptors (Lipinski definition) is 6. The summed E-state index contributed by atoms with van der Waals surface area (Å²) >= 11 is 1.15.